The molecule has 2 nitrogen and oxygen atoms in total. The Morgan fingerprint density at radius 1 is 1.75 bits per heavy atom. The van der Waals surface area contributed by atoms with Crippen molar-refractivity contribution in [1.82, 2.24) is 0 Å². The van der Waals surface area contributed by atoms with Gasteiger partial charge in [0.1, 0.15) is 0 Å². The Morgan fingerprint density at radius 3 is 3.00 bits per heavy atom. The zero-order valence-electron chi connectivity index (χ0n) is 6.53. The first-order valence-corrected chi connectivity index (χ1v) is 4.25. The average molecular weight is 180 g/mol. The fourth-order valence-electron chi connectivity index (χ4n) is 0.844. The van der Waals surface area contributed by atoms with Gasteiger partial charge in [0.25, 0.3) is 0 Å². The number of Topliss-reactive ketones (excluding diaryl/α,β-unsaturated/α-hetero) is 1. The van der Waals surface area contributed by atoms with Crippen molar-refractivity contribution < 1.29 is 4.79 Å². The van der Waals surface area contributed by atoms with Crippen LogP contribution >= 0.6 is 12.6 Å². The predicted octanol–water partition coefficient (Wildman–Crippen LogP) is 0.927. The molecule has 0 aliphatic heterocycles. The Bertz CT molecular complexity index is 260. The van der Waals surface area contributed by atoms with Gasteiger partial charge in [0.2, 0.25) is 0 Å². The summed E-state index contributed by atoms with van der Waals surface area (Å²) in [6.45, 7) is 0. The molecule has 1 rings (SSSR count). The number of thiol groups is 1. The van der Waals surface area contributed by atoms with Crippen LogP contribution in [0.15, 0.2) is 24.3 Å². The molecule has 63 valence electrons. The topological polar surface area (TPSA) is 43.1 Å². The minimum Gasteiger partial charge on any atom is -0.321 e. The van der Waals surface area contributed by atoms with Crippen molar-refractivity contribution in [3.63, 3.8) is 0 Å². The van der Waals surface area contributed by atoms with Crippen LogP contribution in [0.25, 0.3) is 0 Å². The van der Waals surface area contributed by atoms with E-state index >= 15 is 0 Å². The lowest BCUT2D eigenvalue weighted by molar-refractivity contribution is 0.0970. The molecule has 0 spiro atoms. The third-order valence-electron chi connectivity index (χ3n) is 1.53. The highest BCUT2D eigenvalue weighted by Gasteiger charge is 2.12. The van der Waals surface area contributed by atoms with Gasteiger partial charge >= 0.3 is 0 Å². The molecule has 1 atom stereocenters. The zero-order chi connectivity index (χ0) is 8.97. The summed E-state index contributed by atoms with van der Waals surface area (Å²) in [5.41, 5.74) is 6.11. The third kappa shape index (κ3) is 2.09. The fraction of sp³-hybridized carbons (Fsp3) is 0.222. The van der Waals surface area contributed by atoms with Crippen molar-refractivity contribution in [2.24, 2.45) is 5.73 Å². The minimum absolute atomic E-state index is 0.0816. The van der Waals surface area contributed by atoms with Crippen LogP contribution in [-0.4, -0.2) is 17.6 Å². The van der Waals surface area contributed by atoms with Crippen molar-refractivity contribution in [3.05, 3.63) is 35.9 Å². The van der Waals surface area contributed by atoms with Crippen LogP contribution in [-0.2, 0) is 0 Å². The summed E-state index contributed by atoms with van der Waals surface area (Å²) < 4.78 is 0. The molecule has 0 saturated heterocycles. The quantitative estimate of drug-likeness (QED) is 0.536. The number of ketones is 1. The van der Waals surface area contributed by atoms with E-state index in [0.29, 0.717) is 11.3 Å². The molecule has 0 aliphatic carbocycles. The molecule has 0 amide bonds. The van der Waals surface area contributed by atoms with Gasteiger partial charge in [-0.05, 0) is 12.1 Å². The molecule has 0 bridgehead atoms. The molecule has 1 radical (unpaired) electrons. The Labute approximate surface area is 77.2 Å². The lowest BCUT2D eigenvalue weighted by atomic mass is 10.1. The second-order valence-electron chi connectivity index (χ2n) is 2.45. The first kappa shape index (κ1) is 9.29. The van der Waals surface area contributed by atoms with Gasteiger partial charge in [0.15, 0.2) is 5.78 Å². The Balaban J connectivity index is 2.79. The van der Waals surface area contributed by atoms with E-state index in [2.05, 4.69) is 18.7 Å². The number of nitrogens with two attached hydrogens (primary N) is 1. The number of benzene rings is 1. The van der Waals surface area contributed by atoms with Gasteiger partial charge in [0.05, 0.1) is 6.04 Å². The second-order valence-corrected chi connectivity index (χ2v) is 2.81. The number of carbonyl (C=O) groups is 1. The van der Waals surface area contributed by atoms with Gasteiger partial charge in [-0.1, -0.05) is 18.2 Å². The highest BCUT2D eigenvalue weighted by Crippen LogP contribution is 2.02. The average Bonchev–Trinajstić information content (AvgIpc) is 2.17. The van der Waals surface area contributed by atoms with Crippen LogP contribution in [0, 0.1) is 6.07 Å². The molecule has 1 aromatic carbocycles. The molecule has 1 aromatic rings. The lowest BCUT2D eigenvalue weighted by Gasteiger charge is -2.05. The molecule has 0 aromatic heterocycles. The SMILES string of the molecule is N[C@@H](CS)C(=O)c1c[c]ccc1. The van der Waals surface area contributed by atoms with Gasteiger partial charge < -0.3 is 5.73 Å². The van der Waals surface area contributed by atoms with Crippen molar-refractivity contribution in [2.75, 3.05) is 5.75 Å². The second kappa shape index (κ2) is 4.28. The number of rotatable bonds is 3. The van der Waals surface area contributed by atoms with Crippen molar-refractivity contribution >= 4 is 18.4 Å². The number of carbonyl (C=O) groups excluding carboxylic acids is 1. The maximum absolute atomic E-state index is 11.4. The molecule has 0 aliphatic rings. The van der Waals surface area contributed by atoms with Gasteiger partial charge in [-0.15, -0.1) is 0 Å². The van der Waals surface area contributed by atoms with E-state index in [4.69, 9.17) is 5.73 Å². The summed E-state index contributed by atoms with van der Waals surface area (Å²) in [5.74, 6) is 0.287. The summed E-state index contributed by atoms with van der Waals surface area (Å²) in [6.07, 6.45) is 0. The van der Waals surface area contributed by atoms with Crippen LogP contribution < -0.4 is 5.73 Å². The van der Waals surface area contributed by atoms with Gasteiger partial charge in [-0.2, -0.15) is 12.6 Å². The minimum atomic E-state index is -0.510. The molecule has 0 unspecified atom stereocenters. The van der Waals surface area contributed by atoms with E-state index in [1.165, 1.54) is 0 Å². The smallest absolute Gasteiger partial charge is 0.180 e. The summed E-state index contributed by atoms with van der Waals surface area (Å²) in [7, 11) is 0. The van der Waals surface area contributed by atoms with Crippen LogP contribution in [0.1, 0.15) is 10.4 Å². The molecular formula is C9H10NOS. The Morgan fingerprint density at radius 2 is 2.50 bits per heavy atom. The lowest BCUT2D eigenvalue weighted by Crippen LogP contribution is -2.32. The van der Waals surface area contributed by atoms with Crippen LogP contribution in [0.4, 0.5) is 0 Å². The first-order valence-electron chi connectivity index (χ1n) is 3.62. The van der Waals surface area contributed by atoms with Crippen LogP contribution in [0.5, 0.6) is 0 Å². The van der Waals surface area contributed by atoms with Gasteiger partial charge in [-0.3, -0.25) is 4.79 Å². The van der Waals surface area contributed by atoms with Crippen molar-refractivity contribution in [1.29, 1.82) is 0 Å². The molecule has 2 N–H and O–H groups in total. The normalized spacial score (nSPS) is 12.5. The third-order valence-corrected chi connectivity index (χ3v) is 1.92. The summed E-state index contributed by atoms with van der Waals surface area (Å²) >= 11 is 3.95. The summed E-state index contributed by atoms with van der Waals surface area (Å²) in [4.78, 5) is 11.4. The standard InChI is InChI=1S/C9H10NOS/c10-8(6-12)9(11)7-4-2-1-3-5-7/h1-2,4-5,8,12H,6,10H2/t8-/m0/s1. The number of hydrogen-bond acceptors (Lipinski definition) is 3. The molecule has 0 heterocycles. The van der Waals surface area contributed by atoms with E-state index in [1.54, 1.807) is 24.3 Å². The van der Waals surface area contributed by atoms with E-state index in [0.717, 1.165) is 0 Å². The monoisotopic (exact) mass is 180 g/mol. The fourth-order valence-corrected chi connectivity index (χ4v) is 1.01. The van der Waals surface area contributed by atoms with Crippen LogP contribution in [0.3, 0.4) is 0 Å². The summed E-state index contributed by atoms with van der Waals surface area (Å²) in [6, 6.07) is 9.17. The van der Waals surface area contributed by atoms with E-state index in [1.807, 2.05) is 0 Å². The largest absolute Gasteiger partial charge is 0.321 e. The summed E-state index contributed by atoms with van der Waals surface area (Å²) in [5, 5.41) is 0. The van der Waals surface area contributed by atoms with Crippen molar-refractivity contribution in [3.8, 4) is 0 Å². The maximum Gasteiger partial charge on any atom is 0.180 e. The molecule has 0 saturated carbocycles. The van der Waals surface area contributed by atoms with Crippen LogP contribution in [0.2, 0.25) is 0 Å². The molecular weight excluding hydrogens is 170 g/mol. The predicted molar refractivity (Wildman–Crippen MR) is 51.4 cm³/mol. The first-order chi connectivity index (χ1) is 5.75. The van der Waals surface area contributed by atoms with E-state index < -0.39 is 6.04 Å². The maximum atomic E-state index is 11.4. The number of hydrogen-bond donors (Lipinski definition) is 2. The zero-order valence-corrected chi connectivity index (χ0v) is 7.42. The van der Waals surface area contributed by atoms with Crippen molar-refractivity contribution in [2.45, 2.75) is 6.04 Å². The molecule has 3 heteroatoms. The Hall–Kier alpha value is -0.800. The Kier molecular flexibility index (Phi) is 3.31. The highest BCUT2D eigenvalue weighted by atomic mass is 32.1. The molecule has 12 heavy (non-hydrogen) atoms. The highest BCUT2D eigenvalue weighted by molar-refractivity contribution is 7.80. The van der Waals surface area contributed by atoms with Gasteiger partial charge in [0, 0.05) is 11.3 Å². The van der Waals surface area contributed by atoms with E-state index in [-0.39, 0.29) is 5.78 Å². The van der Waals surface area contributed by atoms with Gasteiger partial charge in [-0.25, -0.2) is 0 Å². The van der Waals surface area contributed by atoms with E-state index in [9.17, 15) is 4.79 Å². The molecule has 0 fully saturated rings.